The number of fused-ring (bicyclic) bond motifs is 12. The van der Waals surface area contributed by atoms with Crippen LogP contribution in [0.2, 0.25) is 0 Å². The van der Waals surface area contributed by atoms with Gasteiger partial charge in [0, 0.05) is 27.5 Å². The third-order valence-electron chi connectivity index (χ3n) is 15.4. The number of aromatic nitrogens is 3. The molecule has 0 amide bonds. The number of rotatable bonds is 7. The van der Waals surface area contributed by atoms with Gasteiger partial charge in [-0.3, -0.25) is 0 Å². The van der Waals surface area contributed by atoms with Crippen LogP contribution in [0.4, 0.5) is 0 Å². The molecule has 1 aliphatic rings. The minimum Gasteiger partial charge on any atom is -0.456 e. The number of benzene rings is 12. The molecule has 4 heteroatoms. The third kappa shape index (κ3) is 6.38. The van der Waals surface area contributed by atoms with Crippen LogP contribution in [-0.4, -0.2) is 15.0 Å². The van der Waals surface area contributed by atoms with Gasteiger partial charge in [-0.25, -0.2) is 15.0 Å². The summed E-state index contributed by atoms with van der Waals surface area (Å²) < 4.78 is 6.57. The van der Waals surface area contributed by atoms with Crippen molar-refractivity contribution in [2.75, 3.05) is 0 Å². The normalized spacial score (nSPS) is 12.7. The molecular weight excluding hydrogens is 899 g/mol. The van der Waals surface area contributed by atoms with Crippen LogP contribution >= 0.6 is 0 Å². The molecule has 2 heterocycles. The molecule has 0 atom stereocenters. The lowest BCUT2D eigenvalue weighted by atomic mass is 9.67. The SMILES string of the molecule is c1ccc(-c2nc(-c3ccccc3)nc(-c3cccc4oc5ccc(-c6ccc7c8ccc(-c9cccc%10c9-c9ccccc9C%10(c9ccccc9)c9ccccc9)cc8c8ccccc8c7c6)cc5c34)n2)cc1. The Kier molecular flexibility index (Phi) is 9.45. The van der Waals surface area contributed by atoms with Gasteiger partial charge in [-0.1, -0.05) is 231 Å². The van der Waals surface area contributed by atoms with Gasteiger partial charge in [0.15, 0.2) is 17.5 Å². The molecule has 0 saturated carbocycles. The van der Waals surface area contributed by atoms with Crippen LogP contribution in [0.25, 0.3) is 122 Å². The van der Waals surface area contributed by atoms with Crippen LogP contribution in [0.5, 0.6) is 0 Å². The largest absolute Gasteiger partial charge is 0.456 e. The summed E-state index contributed by atoms with van der Waals surface area (Å²) in [7, 11) is 0. The average molecular weight is 942 g/mol. The van der Waals surface area contributed by atoms with E-state index >= 15 is 0 Å². The highest BCUT2D eigenvalue weighted by Crippen LogP contribution is 2.58. The van der Waals surface area contributed by atoms with Crippen molar-refractivity contribution in [3.63, 3.8) is 0 Å². The quantitative estimate of drug-likeness (QED) is 0.149. The number of hydrogen-bond acceptors (Lipinski definition) is 4. The second-order valence-corrected chi connectivity index (χ2v) is 19.4. The van der Waals surface area contributed by atoms with E-state index in [1.54, 1.807) is 0 Å². The zero-order chi connectivity index (χ0) is 48.7. The Hall–Kier alpha value is -9.77. The molecule has 0 radical (unpaired) electrons. The molecule has 14 aromatic rings. The second-order valence-electron chi connectivity index (χ2n) is 19.4. The van der Waals surface area contributed by atoms with E-state index in [9.17, 15) is 0 Å². The standard InChI is InChI=1S/C70H43N3O/c1-5-19-44(20-6-1)67-71-68(45-21-7-2-8-22-45)73-69(72-67)57-31-18-34-64-66(57)60-42-47(37-40-63(60)74-64)46-35-38-54-55-39-36-48(43-59(55)53-28-14-13-27-52(53)58(54)41-46)51-30-17-33-62-65(51)56-29-15-16-32-61(56)70(62,49-23-9-3-10-24-49)50-25-11-4-12-26-50/h1-43H. The molecule has 0 aliphatic heterocycles. The Labute approximate surface area is 427 Å². The predicted molar refractivity (Wildman–Crippen MR) is 304 cm³/mol. The van der Waals surface area contributed by atoms with Gasteiger partial charge in [0.2, 0.25) is 0 Å². The number of hydrogen-bond donors (Lipinski definition) is 0. The molecule has 12 aromatic carbocycles. The van der Waals surface area contributed by atoms with Gasteiger partial charge in [0.25, 0.3) is 0 Å². The molecule has 0 saturated heterocycles. The third-order valence-corrected chi connectivity index (χ3v) is 15.4. The van der Waals surface area contributed by atoms with Crippen molar-refractivity contribution in [3.05, 3.63) is 283 Å². The summed E-state index contributed by atoms with van der Waals surface area (Å²) in [5.41, 5.74) is 16.3. The van der Waals surface area contributed by atoms with E-state index in [2.05, 4.69) is 188 Å². The van der Waals surface area contributed by atoms with Crippen LogP contribution in [0.15, 0.2) is 265 Å². The molecule has 1 aliphatic carbocycles. The topological polar surface area (TPSA) is 51.8 Å². The van der Waals surface area contributed by atoms with Crippen molar-refractivity contribution in [2.24, 2.45) is 0 Å². The monoisotopic (exact) mass is 941 g/mol. The summed E-state index contributed by atoms with van der Waals surface area (Å²) >= 11 is 0. The lowest BCUT2D eigenvalue weighted by molar-refractivity contribution is 0.669. The van der Waals surface area contributed by atoms with Gasteiger partial charge in [-0.15, -0.1) is 0 Å². The smallest absolute Gasteiger partial charge is 0.164 e. The molecule has 344 valence electrons. The summed E-state index contributed by atoms with van der Waals surface area (Å²) in [4.78, 5) is 15.2. The predicted octanol–water partition coefficient (Wildman–Crippen LogP) is 17.9. The minimum absolute atomic E-state index is 0.466. The lowest BCUT2D eigenvalue weighted by Gasteiger charge is -2.34. The second kappa shape index (κ2) is 16.7. The van der Waals surface area contributed by atoms with E-state index in [1.165, 1.54) is 76.8 Å². The fourth-order valence-electron chi connectivity index (χ4n) is 12.2. The summed E-state index contributed by atoms with van der Waals surface area (Å²) in [6, 6.07) is 93.9. The summed E-state index contributed by atoms with van der Waals surface area (Å²) in [6.45, 7) is 0. The van der Waals surface area contributed by atoms with E-state index in [-0.39, 0.29) is 0 Å². The van der Waals surface area contributed by atoms with Crippen LogP contribution in [0.1, 0.15) is 22.3 Å². The van der Waals surface area contributed by atoms with Gasteiger partial charge < -0.3 is 4.42 Å². The Morgan fingerprint density at radius 2 is 0.730 bits per heavy atom. The van der Waals surface area contributed by atoms with Crippen LogP contribution in [0.3, 0.4) is 0 Å². The van der Waals surface area contributed by atoms with Crippen molar-refractivity contribution in [3.8, 4) is 67.5 Å². The van der Waals surface area contributed by atoms with E-state index in [0.717, 1.165) is 49.8 Å². The highest BCUT2D eigenvalue weighted by Gasteiger charge is 2.46. The maximum absolute atomic E-state index is 6.57. The van der Waals surface area contributed by atoms with Gasteiger partial charge in [-0.05, 0) is 118 Å². The Morgan fingerprint density at radius 3 is 1.38 bits per heavy atom. The fraction of sp³-hybridized carbons (Fsp3) is 0.0143. The molecule has 0 unspecified atom stereocenters. The minimum atomic E-state index is -0.466. The average Bonchev–Trinajstić information content (AvgIpc) is 4.03. The van der Waals surface area contributed by atoms with Crippen LogP contribution in [0, 0.1) is 0 Å². The van der Waals surface area contributed by atoms with E-state index in [1.807, 2.05) is 72.8 Å². The molecule has 0 bridgehead atoms. The maximum Gasteiger partial charge on any atom is 0.164 e. The first-order valence-corrected chi connectivity index (χ1v) is 25.2. The van der Waals surface area contributed by atoms with Crippen molar-refractivity contribution < 1.29 is 4.42 Å². The van der Waals surface area contributed by atoms with Gasteiger partial charge in [0.05, 0.1) is 5.41 Å². The fourth-order valence-corrected chi connectivity index (χ4v) is 12.2. The first kappa shape index (κ1) is 42.0. The van der Waals surface area contributed by atoms with E-state index < -0.39 is 5.41 Å². The zero-order valence-corrected chi connectivity index (χ0v) is 40.1. The Bertz CT molecular complexity index is 4410. The molecule has 74 heavy (non-hydrogen) atoms. The van der Waals surface area contributed by atoms with Crippen molar-refractivity contribution in [1.29, 1.82) is 0 Å². The molecular formula is C70H43N3O. The van der Waals surface area contributed by atoms with Gasteiger partial charge >= 0.3 is 0 Å². The zero-order valence-electron chi connectivity index (χ0n) is 40.1. The Morgan fingerprint density at radius 1 is 0.270 bits per heavy atom. The van der Waals surface area contributed by atoms with E-state index in [0.29, 0.717) is 17.5 Å². The van der Waals surface area contributed by atoms with Crippen LogP contribution < -0.4 is 0 Å². The molecule has 15 rings (SSSR count). The Balaban J connectivity index is 0.876. The molecule has 0 spiro atoms. The first-order chi connectivity index (χ1) is 36.7. The highest BCUT2D eigenvalue weighted by molar-refractivity contribution is 6.26. The molecule has 4 nitrogen and oxygen atoms in total. The summed E-state index contributed by atoms with van der Waals surface area (Å²) in [6.07, 6.45) is 0. The van der Waals surface area contributed by atoms with Crippen molar-refractivity contribution >= 4 is 54.3 Å². The van der Waals surface area contributed by atoms with Gasteiger partial charge in [-0.2, -0.15) is 0 Å². The molecule has 0 N–H and O–H groups in total. The number of nitrogens with zero attached hydrogens (tertiary/aromatic N) is 3. The summed E-state index contributed by atoms with van der Waals surface area (Å²) in [5, 5.41) is 9.34. The van der Waals surface area contributed by atoms with Crippen molar-refractivity contribution in [1.82, 2.24) is 15.0 Å². The molecule has 0 fully saturated rings. The van der Waals surface area contributed by atoms with Gasteiger partial charge in [0.1, 0.15) is 11.2 Å². The first-order valence-electron chi connectivity index (χ1n) is 25.2. The van der Waals surface area contributed by atoms with Crippen LogP contribution in [-0.2, 0) is 5.41 Å². The maximum atomic E-state index is 6.57. The number of furan rings is 1. The highest BCUT2D eigenvalue weighted by atomic mass is 16.3. The molecule has 2 aromatic heterocycles. The van der Waals surface area contributed by atoms with Crippen molar-refractivity contribution in [2.45, 2.75) is 5.41 Å². The lowest BCUT2D eigenvalue weighted by Crippen LogP contribution is -2.28. The van der Waals surface area contributed by atoms with E-state index in [4.69, 9.17) is 19.4 Å². The summed E-state index contributed by atoms with van der Waals surface area (Å²) in [5.74, 6) is 1.84.